The lowest BCUT2D eigenvalue weighted by Crippen LogP contribution is -2.29. The first-order valence-corrected chi connectivity index (χ1v) is 6.13. The summed E-state index contributed by atoms with van der Waals surface area (Å²) in [5.41, 5.74) is 1.88. The molecule has 1 aromatic heterocycles. The van der Waals surface area contributed by atoms with Gasteiger partial charge in [-0.15, -0.1) is 0 Å². The van der Waals surface area contributed by atoms with Crippen molar-refractivity contribution in [1.82, 2.24) is 9.97 Å². The Labute approximate surface area is 111 Å². The quantitative estimate of drug-likeness (QED) is 0.823. The number of nitrogens with zero attached hydrogens (tertiary/aromatic N) is 3. The van der Waals surface area contributed by atoms with E-state index in [0.29, 0.717) is 18.3 Å². The lowest BCUT2D eigenvalue weighted by atomic mass is 10.2. The van der Waals surface area contributed by atoms with Gasteiger partial charge in [-0.2, -0.15) is 4.98 Å². The molecule has 0 amide bonds. The second-order valence-corrected chi connectivity index (χ2v) is 4.38. The van der Waals surface area contributed by atoms with E-state index in [2.05, 4.69) is 14.9 Å². The molecule has 0 aliphatic carbocycles. The molecule has 5 nitrogen and oxygen atoms in total. The molecule has 98 valence electrons. The maximum Gasteiger partial charge on any atom is 0.241 e. The Balaban J connectivity index is 1.96. The van der Waals surface area contributed by atoms with Crippen LogP contribution in [0.25, 0.3) is 11.4 Å². The van der Waals surface area contributed by atoms with Gasteiger partial charge in [0, 0.05) is 12.6 Å². The second kappa shape index (κ2) is 4.76. The average molecular weight is 257 g/mol. The van der Waals surface area contributed by atoms with Gasteiger partial charge in [0.2, 0.25) is 5.88 Å². The van der Waals surface area contributed by atoms with E-state index in [-0.39, 0.29) is 0 Å². The van der Waals surface area contributed by atoms with Crippen LogP contribution >= 0.6 is 0 Å². The molecule has 0 saturated heterocycles. The molecule has 1 aliphatic heterocycles. The van der Waals surface area contributed by atoms with Gasteiger partial charge in [0.15, 0.2) is 5.82 Å². The van der Waals surface area contributed by atoms with E-state index in [1.165, 1.54) is 0 Å². The number of benzene rings is 1. The summed E-state index contributed by atoms with van der Waals surface area (Å²) in [7, 11) is 3.66. The molecular formula is C14H15N3O2. The third-order valence-corrected chi connectivity index (χ3v) is 3.16. The highest BCUT2D eigenvalue weighted by molar-refractivity contribution is 5.62. The van der Waals surface area contributed by atoms with Crippen molar-refractivity contribution in [1.29, 1.82) is 0 Å². The Morgan fingerprint density at radius 1 is 1.26 bits per heavy atom. The SMILES string of the molecule is COc1ccc(-c2ncc3c(n2)OCCN3C)cc1. The third-order valence-electron chi connectivity index (χ3n) is 3.16. The van der Waals surface area contributed by atoms with Gasteiger partial charge in [-0.1, -0.05) is 0 Å². The Morgan fingerprint density at radius 2 is 2.05 bits per heavy atom. The molecule has 0 unspecified atom stereocenters. The van der Waals surface area contributed by atoms with Gasteiger partial charge in [0.25, 0.3) is 0 Å². The summed E-state index contributed by atoms with van der Waals surface area (Å²) in [5, 5.41) is 0. The van der Waals surface area contributed by atoms with Crippen molar-refractivity contribution in [2.24, 2.45) is 0 Å². The number of hydrogen-bond donors (Lipinski definition) is 0. The number of fused-ring (bicyclic) bond motifs is 1. The summed E-state index contributed by atoms with van der Waals surface area (Å²) < 4.78 is 10.7. The molecule has 2 aromatic rings. The van der Waals surface area contributed by atoms with Gasteiger partial charge in [-0.3, -0.25) is 0 Å². The summed E-state index contributed by atoms with van der Waals surface area (Å²) in [6.45, 7) is 1.51. The van der Waals surface area contributed by atoms with E-state index in [1.54, 1.807) is 13.3 Å². The molecule has 19 heavy (non-hydrogen) atoms. The van der Waals surface area contributed by atoms with E-state index in [4.69, 9.17) is 9.47 Å². The largest absolute Gasteiger partial charge is 0.497 e. The molecule has 1 aliphatic rings. The van der Waals surface area contributed by atoms with E-state index in [9.17, 15) is 0 Å². The molecule has 5 heteroatoms. The highest BCUT2D eigenvalue weighted by atomic mass is 16.5. The van der Waals surface area contributed by atoms with Crippen LogP contribution in [0.1, 0.15) is 0 Å². The Bertz CT molecular complexity index is 584. The first-order valence-electron chi connectivity index (χ1n) is 6.13. The summed E-state index contributed by atoms with van der Waals surface area (Å²) in [6.07, 6.45) is 1.81. The minimum absolute atomic E-state index is 0.648. The van der Waals surface area contributed by atoms with Crippen LogP contribution in [0.4, 0.5) is 5.69 Å². The van der Waals surface area contributed by atoms with E-state index in [0.717, 1.165) is 23.5 Å². The molecule has 0 radical (unpaired) electrons. The van der Waals surface area contributed by atoms with Crippen molar-refractivity contribution in [2.75, 3.05) is 32.2 Å². The predicted octanol–water partition coefficient (Wildman–Crippen LogP) is 1.98. The zero-order valence-electron chi connectivity index (χ0n) is 11.0. The number of aromatic nitrogens is 2. The smallest absolute Gasteiger partial charge is 0.241 e. The van der Waals surface area contributed by atoms with E-state index in [1.807, 2.05) is 31.3 Å². The van der Waals surface area contributed by atoms with Crippen molar-refractivity contribution in [2.45, 2.75) is 0 Å². The number of ether oxygens (including phenoxy) is 2. The van der Waals surface area contributed by atoms with Gasteiger partial charge >= 0.3 is 0 Å². The first kappa shape index (κ1) is 11.8. The summed E-state index contributed by atoms with van der Waals surface area (Å²) in [6, 6.07) is 7.66. The van der Waals surface area contributed by atoms with Crippen LogP contribution in [0.5, 0.6) is 11.6 Å². The Kier molecular flexibility index (Phi) is 2.95. The number of methoxy groups -OCH3 is 1. The predicted molar refractivity (Wildman–Crippen MR) is 72.8 cm³/mol. The first-order chi connectivity index (χ1) is 9.28. The second-order valence-electron chi connectivity index (χ2n) is 4.38. The van der Waals surface area contributed by atoms with Gasteiger partial charge < -0.3 is 14.4 Å². The monoisotopic (exact) mass is 257 g/mol. The van der Waals surface area contributed by atoms with Crippen LogP contribution in [0, 0.1) is 0 Å². The normalized spacial score (nSPS) is 13.7. The topological polar surface area (TPSA) is 47.5 Å². The fourth-order valence-electron chi connectivity index (χ4n) is 2.01. The molecule has 2 heterocycles. The molecule has 0 atom stereocenters. The summed E-state index contributed by atoms with van der Waals surface area (Å²) in [4.78, 5) is 11.0. The minimum Gasteiger partial charge on any atom is -0.497 e. The number of likely N-dealkylation sites (N-methyl/N-ethyl adjacent to an activating group) is 1. The number of rotatable bonds is 2. The fraction of sp³-hybridized carbons (Fsp3) is 0.286. The molecule has 3 rings (SSSR count). The molecule has 0 N–H and O–H groups in total. The van der Waals surface area contributed by atoms with Gasteiger partial charge in [-0.05, 0) is 24.3 Å². The lowest BCUT2D eigenvalue weighted by Gasteiger charge is -2.26. The molecular weight excluding hydrogens is 242 g/mol. The average Bonchev–Trinajstić information content (AvgIpc) is 2.47. The molecule has 0 saturated carbocycles. The van der Waals surface area contributed by atoms with Crippen LogP contribution in [-0.4, -0.2) is 37.3 Å². The lowest BCUT2D eigenvalue weighted by molar-refractivity contribution is 0.298. The highest BCUT2D eigenvalue weighted by Gasteiger charge is 2.17. The number of hydrogen-bond acceptors (Lipinski definition) is 5. The van der Waals surface area contributed by atoms with Crippen molar-refractivity contribution in [3.63, 3.8) is 0 Å². The van der Waals surface area contributed by atoms with E-state index >= 15 is 0 Å². The standard InChI is InChI=1S/C14H15N3O2/c1-17-7-8-19-14-12(17)9-15-13(16-14)10-3-5-11(18-2)6-4-10/h3-6,9H,7-8H2,1-2H3. The zero-order valence-corrected chi connectivity index (χ0v) is 11.0. The summed E-state index contributed by atoms with van der Waals surface area (Å²) >= 11 is 0. The zero-order chi connectivity index (χ0) is 13.2. The van der Waals surface area contributed by atoms with Gasteiger partial charge in [-0.25, -0.2) is 4.98 Å². The Hall–Kier alpha value is -2.30. The maximum atomic E-state index is 5.58. The molecule has 0 bridgehead atoms. The van der Waals surface area contributed by atoms with Crippen LogP contribution in [0.2, 0.25) is 0 Å². The molecule has 0 fully saturated rings. The van der Waals surface area contributed by atoms with Gasteiger partial charge in [0.1, 0.15) is 18.0 Å². The third kappa shape index (κ3) is 2.19. The van der Waals surface area contributed by atoms with Crippen LogP contribution in [0.15, 0.2) is 30.5 Å². The maximum absolute atomic E-state index is 5.58. The van der Waals surface area contributed by atoms with Gasteiger partial charge in [0.05, 0.1) is 19.9 Å². The van der Waals surface area contributed by atoms with Crippen LogP contribution in [0.3, 0.4) is 0 Å². The van der Waals surface area contributed by atoms with Crippen molar-refractivity contribution >= 4 is 5.69 Å². The summed E-state index contributed by atoms with van der Waals surface area (Å²) in [5.74, 6) is 2.13. The minimum atomic E-state index is 0.648. The molecule has 0 spiro atoms. The Morgan fingerprint density at radius 3 is 2.79 bits per heavy atom. The highest BCUT2D eigenvalue weighted by Crippen LogP contribution is 2.30. The van der Waals surface area contributed by atoms with Crippen molar-refractivity contribution < 1.29 is 9.47 Å². The molecule has 1 aromatic carbocycles. The van der Waals surface area contributed by atoms with Crippen LogP contribution < -0.4 is 14.4 Å². The van der Waals surface area contributed by atoms with E-state index < -0.39 is 0 Å². The van der Waals surface area contributed by atoms with Crippen molar-refractivity contribution in [3.05, 3.63) is 30.5 Å². The van der Waals surface area contributed by atoms with Crippen LogP contribution in [-0.2, 0) is 0 Å². The fourth-order valence-corrected chi connectivity index (χ4v) is 2.01. The number of anilines is 1. The van der Waals surface area contributed by atoms with Crippen molar-refractivity contribution in [3.8, 4) is 23.0 Å².